The molecule has 21 heavy (non-hydrogen) atoms. The zero-order chi connectivity index (χ0) is 15.6. The van der Waals surface area contributed by atoms with Crippen LogP contribution in [0.4, 0.5) is 0 Å². The lowest BCUT2D eigenvalue weighted by Gasteiger charge is -2.27. The van der Waals surface area contributed by atoms with Gasteiger partial charge in [-0.25, -0.2) is 9.48 Å². The molecule has 2 rings (SSSR count). The van der Waals surface area contributed by atoms with Crippen molar-refractivity contribution in [3.05, 3.63) is 28.2 Å². The highest BCUT2D eigenvalue weighted by Crippen LogP contribution is 2.31. The Balaban J connectivity index is 2.61. The quantitative estimate of drug-likeness (QED) is 0.894. The molecule has 0 bridgehead atoms. The Bertz CT molecular complexity index is 665. The Morgan fingerprint density at radius 3 is 2.57 bits per heavy atom. The number of carbonyl (C=O) groups is 1. The van der Waals surface area contributed by atoms with E-state index in [1.165, 1.54) is 4.68 Å². The number of aromatic nitrogens is 4. The van der Waals surface area contributed by atoms with Crippen molar-refractivity contribution in [2.24, 2.45) is 0 Å². The Morgan fingerprint density at radius 2 is 2.05 bits per heavy atom. The number of halogens is 1. The fourth-order valence-electron chi connectivity index (χ4n) is 2.33. The van der Waals surface area contributed by atoms with E-state index in [1.807, 2.05) is 39.0 Å². The topological polar surface area (TPSA) is 80.9 Å². The van der Waals surface area contributed by atoms with Gasteiger partial charge < -0.3 is 5.11 Å². The van der Waals surface area contributed by atoms with Crippen molar-refractivity contribution in [3.8, 4) is 11.4 Å². The fourth-order valence-corrected chi connectivity index (χ4v) is 2.71. The van der Waals surface area contributed by atoms with Gasteiger partial charge in [-0.3, -0.25) is 0 Å². The molecule has 7 heteroatoms. The Labute approximate surface area is 131 Å². The molecule has 6 nitrogen and oxygen atoms in total. The predicted molar refractivity (Wildman–Crippen MR) is 81.9 cm³/mol. The van der Waals surface area contributed by atoms with Crippen LogP contribution in [0, 0.1) is 6.92 Å². The van der Waals surface area contributed by atoms with E-state index in [-0.39, 0.29) is 0 Å². The Kier molecular flexibility index (Phi) is 4.41. The van der Waals surface area contributed by atoms with Crippen LogP contribution in [0.3, 0.4) is 0 Å². The summed E-state index contributed by atoms with van der Waals surface area (Å²) in [5, 5.41) is 21.3. The number of aliphatic carboxylic acids is 1. The molecule has 0 atom stereocenters. The van der Waals surface area contributed by atoms with Crippen molar-refractivity contribution in [2.75, 3.05) is 0 Å². The summed E-state index contributed by atoms with van der Waals surface area (Å²) in [6.45, 7) is 5.64. The van der Waals surface area contributed by atoms with E-state index in [1.54, 1.807) is 0 Å². The van der Waals surface area contributed by atoms with Crippen LogP contribution in [0.1, 0.15) is 32.3 Å². The monoisotopic (exact) mass is 352 g/mol. The molecule has 0 aliphatic heterocycles. The van der Waals surface area contributed by atoms with Gasteiger partial charge in [-0.15, -0.1) is 5.10 Å². The molecule has 1 heterocycles. The summed E-state index contributed by atoms with van der Waals surface area (Å²) in [4.78, 5) is 11.8. The maximum atomic E-state index is 11.8. The van der Waals surface area contributed by atoms with Crippen LogP contribution in [-0.2, 0) is 10.3 Å². The molecule has 0 aliphatic carbocycles. The molecule has 0 saturated carbocycles. The summed E-state index contributed by atoms with van der Waals surface area (Å²) < 4.78 is 2.36. The van der Waals surface area contributed by atoms with E-state index in [0.717, 1.165) is 15.6 Å². The van der Waals surface area contributed by atoms with Crippen LogP contribution in [-0.4, -0.2) is 31.3 Å². The lowest BCUT2D eigenvalue weighted by molar-refractivity contribution is -0.148. The lowest BCUT2D eigenvalue weighted by Crippen LogP contribution is -2.42. The molecule has 0 fully saturated rings. The van der Waals surface area contributed by atoms with E-state index in [2.05, 4.69) is 31.5 Å². The standard InChI is InChI=1S/C14H17BrN4O2/c1-4-14(5-2,13(20)21)19-12(16-17-18-19)10-7-6-9(3)11(15)8-10/h6-8H,4-5H2,1-3H3,(H,20,21). The number of carboxylic acids is 1. The minimum atomic E-state index is -1.13. The van der Waals surface area contributed by atoms with Gasteiger partial charge in [0, 0.05) is 10.0 Å². The Morgan fingerprint density at radius 1 is 1.38 bits per heavy atom. The first-order valence-electron chi connectivity index (χ1n) is 6.75. The number of hydrogen-bond acceptors (Lipinski definition) is 4. The van der Waals surface area contributed by atoms with Gasteiger partial charge in [-0.05, 0) is 41.8 Å². The zero-order valence-corrected chi connectivity index (χ0v) is 13.8. The minimum absolute atomic E-state index is 0.407. The number of tetrazole rings is 1. The van der Waals surface area contributed by atoms with Gasteiger partial charge in [0.05, 0.1) is 0 Å². The van der Waals surface area contributed by atoms with Crippen molar-refractivity contribution < 1.29 is 9.90 Å². The van der Waals surface area contributed by atoms with Crippen LogP contribution >= 0.6 is 15.9 Å². The summed E-state index contributed by atoms with van der Waals surface area (Å²) in [5.74, 6) is -0.464. The first-order valence-corrected chi connectivity index (χ1v) is 7.54. The third kappa shape index (κ3) is 2.57. The summed E-state index contributed by atoms with van der Waals surface area (Å²) in [5.41, 5.74) is 0.745. The van der Waals surface area contributed by atoms with Gasteiger partial charge in [-0.1, -0.05) is 41.9 Å². The average molecular weight is 353 g/mol. The van der Waals surface area contributed by atoms with E-state index in [9.17, 15) is 9.90 Å². The summed E-state index contributed by atoms with van der Waals surface area (Å²) in [7, 11) is 0. The van der Waals surface area contributed by atoms with Crippen LogP contribution in [0.25, 0.3) is 11.4 Å². The molecule has 1 aromatic heterocycles. The van der Waals surface area contributed by atoms with Gasteiger partial charge in [0.1, 0.15) is 0 Å². The van der Waals surface area contributed by atoms with Gasteiger partial charge in [0.2, 0.25) is 0 Å². The van der Waals surface area contributed by atoms with Crippen LogP contribution < -0.4 is 0 Å². The molecular weight excluding hydrogens is 336 g/mol. The van der Waals surface area contributed by atoms with E-state index in [0.29, 0.717) is 18.7 Å². The number of benzene rings is 1. The molecule has 1 N–H and O–H groups in total. The van der Waals surface area contributed by atoms with Crippen molar-refractivity contribution >= 4 is 21.9 Å². The molecule has 1 aromatic carbocycles. The van der Waals surface area contributed by atoms with Gasteiger partial charge >= 0.3 is 5.97 Å². The summed E-state index contributed by atoms with van der Waals surface area (Å²) in [6.07, 6.45) is 0.813. The van der Waals surface area contributed by atoms with Gasteiger partial charge in [0.15, 0.2) is 11.4 Å². The second-order valence-corrected chi connectivity index (χ2v) is 5.78. The van der Waals surface area contributed by atoms with Gasteiger partial charge in [0.25, 0.3) is 0 Å². The third-order valence-electron chi connectivity index (χ3n) is 3.87. The van der Waals surface area contributed by atoms with Crippen molar-refractivity contribution in [1.29, 1.82) is 0 Å². The number of aryl methyl sites for hydroxylation is 1. The van der Waals surface area contributed by atoms with Crippen LogP contribution in [0.15, 0.2) is 22.7 Å². The highest BCUT2D eigenvalue weighted by molar-refractivity contribution is 9.10. The molecule has 112 valence electrons. The van der Waals surface area contributed by atoms with Crippen molar-refractivity contribution in [3.63, 3.8) is 0 Å². The molecular formula is C14H17BrN4O2. The van der Waals surface area contributed by atoms with Crippen LogP contribution in [0.2, 0.25) is 0 Å². The summed E-state index contributed by atoms with van der Waals surface area (Å²) in [6, 6.07) is 5.73. The van der Waals surface area contributed by atoms with Crippen molar-refractivity contribution in [1.82, 2.24) is 20.2 Å². The first kappa shape index (κ1) is 15.6. The second-order valence-electron chi connectivity index (χ2n) is 4.92. The fraction of sp³-hybridized carbons (Fsp3) is 0.429. The van der Waals surface area contributed by atoms with Gasteiger partial charge in [-0.2, -0.15) is 0 Å². The number of hydrogen-bond donors (Lipinski definition) is 1. The summed E-state index contributed by atoms with van der Waals surface area (Å²) >= 11 is 3.48. The highest BCUT2D eigenvalue weighted by Gasteiger charge is 2.40. The normalized spacial score (nSPS) is 11.6. The molecule has 0 amide bonds. The molecule has 0 saturated heterocycles. The third-order valence-corrected chi connectivity index (χ3v) is 4.73. The number of rotatable bonds is 5. The SMILES string of the molecule is CCC(CC)(C(=O)O)n1nnnc1-c1ccc(C)c(Br)c1. The maximum absolute atomic E-state index is 11.8. The van der Waals surface area contributed by atoms with Crippen molar-refractivity contribution in [2.45, 2.75) is 39.2 Å². The smallest absolute Gasteiger partial charge is 0.331 e. The molecule has 0 aliphatic rings. The molecule has 0 spiro atoms. The average Bonchev–Trinajstić information content (AvgIpc) is 2.93. The van der Waals surface area contributed by atoms with E-state index < -0.39 is 11.5 Å². The number of nitrogens with zero attached hydrogens (tertiary/aromatic N) is 4. The maximum Gasteiger partial charge on any atom is 0.331 e. The number of carboxylic acid groups (broad SMARTS) is 1. The van der Waals surface area contributed by atoms with E-state index in [4.69, 9.17) is 0 Å². The molecule has 0 unspecified atom stereocenters. The largest absolute Gasteiger partial charge is 0.479 e. The zero-order valence-electron chi connectivity index (χ0n) is 12.2. The van der Waals surface area contributed by atoms with E-state index >= 15 is 0 Å². The first-order chi connectivity index (χ1) is 9.96. The lowest BCUT2D eigenvalue weighted by atomic mass is 9.92. The highest BCUT2D eigenvalue weighted by atomic mass is 79.9. The molecule has 0 radical (unpaired) electrons. The second kappa shape index (κ2) is 5.93. The van der Waals surface area contributed by atoms with Crippen LogP contribution in [0.5, 0.6) is 0 Å². The molecule has 2 aromatic rings. The predicted octanol–water partition coefficient (Wildman–Crippen LogP) is 3.01. The Hall–Kier alpha value is -1.76. The minimum Gasteiger partial charge on any atom is -0.479 e.